The summed E-state index contributed by atoms with van der Waals surface area (Å²) in [6, 6.07) is 1.47. The maximum absolute atomic E-state index is 11.0. The minimum absolute atomic E-state index is 0.109. The summed E-state index contributed by atoms with van der Waals surface area (Å²) >= 11 is 0. The molecule has 0 aromatic carbocycles. The van der Waals surface area contributed by atoms with Gasteiger partial charge in [-0.2, -0.15) is 0 Å². The Morgan fingerprint density at radius 1 is 1.75 bits per heavy atom. The Bertz CT molecular complexity index is 318. The number of aryl methyl sites for hydroxylation is 1. The first-order valence-electron chi connectivity index (χ1n) is 3.91. The van der Waals surface area contributed by atoms with Crippen LogP contribution in [-0.4, -0.2) is 16.5 Å². The standard InChI is InChI=1S/C8H13N3O/c1-5(4-9)8-10-6(2)3-7(12)11-8/h3,5H,4,9H2,1-2H3,(H,10,11,12). The lowest BCUT2D eigenvalue weighted by molar-refractivity contribution is 0.701. The Morgan fingerprint density at radius 2 is 2.42 bits per heavy atom. The highest BCUT2D eigenvalue weighted by molar-refractivity contribution is 5.03. The molecule has 1 rings (SSSR count). The molecule has 0 saturated carbocycles. The molecule has 12 heavy (non-hydrogen) atoms. The van der Waals surface area contributed by atoms with Crippen LogP contribution in [-0.2, 0) is 0 Å². The zero-order valence-electron chi connectivity index (χ0n) is 7.29. The van der Waals surface area contributed by atoms with Crippen LogP contribution < -0.4 is 11.3 Å². The number of nitrogens with zero attached hydrogens (tertiary/aromatic N) is 1. The van der Waals surface area contributed by atoms with E-state index < -0.39 is 0 Å². The predicted molar refractivity (Wildman–Crippen MR) is 47.1 cm³/mol. The highest BCUT2D eigenvalue weighted by Crippen LogP contribution is 2.05. The van der Waals surface area contributed by atoms with Gasteiger partial charge in [-0.1, -0.05) is 6.92 Å². The van der Waals surface area contributed by atoms with Crippen LogP contribution in [0, 0.1) is 6.92 Å². The normalized spacial score (nSPS) is 12.9. The summed E-state index contributed by atoms with van der Waals surface area (Å²) in [6.07, 6.45) is 0. The third-order valence-corrected chi connectivity index (χ3v) is 1.71. The fourth-order valence-electron chi connectivity index (χ4n) is 0.947. The van der Waals surface area contributed by atoms with Gasteiger partial charge in [0.1, 0.15) is 5.82 Å². The average Bonchev–Trinajstić information content (AvgIpc) is 2.01. The molecule has 0 bridgehead atoms. The summed E-state index contributed by atoms with van der Waals surface area (Å²) in [5.41, 5.74) is 6.06. The number of hydrogen-bond acceptors (Lipinski definition) is 3. The summed E-state index contributed by atoms with van der Waals surface area (Å²) in [5, 5.41) is 0. The number of aromatic nitrogens is 2. The molecule has 4 nitrogen and oxygen atoms in total. The van der Waals surface area contributed by atoms with Crippen LogP contribution in [0.3, 0.4) is 0 Å². The third-order valence-electron chi connectivity index (χ3n) is 1.71. The zero-order chi connectivity index (χ0) is 9.14. The lowest BCUT2D eigenvalue weighted by Gasteiger charge is -2.06. The zero-order valence-corrected chi connectivity index (χ0v) is 7.29. The van der Waals surface area contributed by atoms with E-state index in [0.717, 1.165) is 5.69 Å². The van der Waals surface area contributed by atoms with Crippen LogP contribution in [0.5, 0.6) is 0 Å². The summed E-state index contributed by atoms with van der Waals surface area (Å²) in [5.74, 6) is 0.778. The first-order valence-corrected chi connectivity index (χ1v) is 3.91. The molecular weight excluding hydrogens is 154 g/mol. The lowest BCUT2D eigenvalue weighted by Crippen LogP contribution is -2.18. The third kappa shape index (κ3) is 1.92. The molecule has 66 valence electrons. The summed E-state index contributed by atoms with van der Waals surface area (Å²) < 4.78 is 0. The number of nitrogens with two attached hydrogens (primary N) is 1. The van der Waals surface area contributed by atoms with E-state index >= 15 is 0 Å². The van der Waals surface area contributed by atoms with Crippen molar-refractivity contribution in [3.63, 3.8) is 0 Å². The second kappa shape index (κ2) is 3.49. The second-order valence-electron chi connectivity index (χ2n) is 2.91. The summed E-state index contributed by atoms with van der Waals surface area (Å²) in [7, 11) is 0. The number of aromatic amines is 1. The monoisotopic (exact) mass is 167 g/mol. The molecule has 0 aliphatic carbocycles. The van der Waals surface area contributed by atoms with Gasteiger partial charge < -0.3 is 10.7 Å². The molecule has 1 aromatic rings. The van der Waals surface area contributed by atoms with E-state index in [1.54, 1.807) is 6.92 Å². The molecule has 3 N–H and O–H groups in total. The first-order chi connectivity index (χ1) is 5.63. The van der Waals surface area contributed by atoms with Gasteiger partial charge in [0.2, 0.25) is 0 Å². The maximum atomic E-state index is 11.0. The number of nitrogens with one attached hydrogen (secondary N) is 1. The molecule has 1 aromatic heterocycles. The highest BCUT2D eigenvalue weighted by Gasteiger charge is 2.05. The Labute approximate surface area is 70.8 Å². The molecule has 1 heterocycles. The van der Waals surface area contributed by atoms with Crippen LogP contribution in [0.4, 0.5) is 0 Å². The minimum atomic E-state index is -0.113. The maximum Gasteiger partial charge on any atom is 0.251 e. The SMILES string of the molecule is Cc1cc(=O)[nH]c(C(C)CN)n1. The number of rotatable bonds is 2. The molecule has 0 fully saturated rings. The van der Waals surface area contributed by atoms with Gasteiger partial charge in [-0.15, -0.1) is 0 Å². The van der Waals surface area contributed by atoms with Crippen molar-refractivity contribution in [2.75, 3.05) is 6.54 Å². The molecule has 0 saturated heterocycles. The Hall–Kier alpha value is -1.16. The van der Waals surface area contributed by atoms with E-state index in [4.69, 9.17) is 5.73 Å². The van der Waals surface area contributed by atoms with Gasteiger partial charge >= 0.3 is 0 Å². The lowest BCUT2D eigenvalue weighted by atomic mass is 10.1. The van der Waals surface area contributed by atoms with E-state index in [1.165, 1.54) is 6.07 Å². The molecule has 0 aliphatic rings. The van der Waals surface area contributed by atoms with E-state index in [0.29, 0.717) is 12.4 Å². The Morgan fingerprint density at radius 3 is 2.92 bits per heavy atom. The van der Waals surface area contributed by atoms with E-state index in [2.05, 4.69) is 9.97 Å². The van der Waals surface area contributed by atoms with Crippen LogP contribution in [0.2, 0.25) is 0 Å². The molecule has 1 atom stereocenters. The van der Waals surface area contributed by atoms with Crippen molar-refractivity contribution in [1.29, 1.82) is 0 Å². The van der Waals surface area contributed by atoms with E-state index in [-0.39, 0.29) is 11.5 Å². The second-order valence-corrected chi connectivity index (χ2v) is 2.91. The predicted octanol–water partition coefficient (Wildman–Crippen LogP) is 0.141. The fourth-order valence-corrected chi connectivity index (χ4v) is 0.947. The molecule has 0 radical (unpaired) electrons. The van der Waals surface area contributed by atoms with Gasteiger partial charge in [0.15, 0.2) is 0 Å². The summed E-state index contributed by atoms with van der Waals surface area (Å²) in [6.45, 7) is 4.21. The van der Waals surface area contributed by atoms with Crippen molar-refractivity contribution in [1.82, 2.24) is 9.97 Å². The minimum Gasteiger partial charge on any atom is -0.330 e. The van der Waals surface area contributed by atoms with Crippen molar-refractivity contribution in [2.45, 2.75) is 19.8 Å². The Balaban J connectivity index is 3.08. The van der Waals surface area contributed by atoms with Gasteiger partial charge in [0.05, 0.1) is 0 Å². The fraction of sp³-hybridized carbons (Fsp3) is 0.500. The quantitative estimate of drug-likeness (QED) is 0.658. The van der Waals surface area contributed by atoms with Crippen LogP contribution in [0.25, 0.3) is 0 Å². The molecule has 4 heteroatoms. The van der Waals surface area contributed by atoms with Gasteiger partial charge in [0.25, 0.3) is 5.56 Å². The summed E-state index contributed by atoms with van der Waals surface area (Å²) in [4.78, 5) is 17.8. The molecular formula is C8H13N3O. The van der Waals surface area contributed by atoms with E-state index in [9.17, 15) is 4.79 Å². The van der Waals surface area contributed by atoms with Crippen molar-refractivity contribution in [3.8, 4) is 0 Å². The topological polar surface area (TPSA) is 71.8 Å². The van der Waals surface area contributed by atoms with Gasteiger partial charge in [-0.05, 0) is 6.92 Å². The molecule has 0 aliphatic heterocycles. The van der Waals surface area contributed by atoms with Crippen molar-refractivity contribution in [3.05, 3.63) is 27.9 Å². The average molecular weight is 167 g/mol. The van der Waals surface area contributed by atoms with Gasteiger partial charge in [-0.25, -0.2) is 4.98 Å². The largest absolute Gasteiger partial charge is 0.330 e. The van der Waals surface area contributed by atoms with Crippen molar-refractivity contribution in [2.24, 2.45) is 5.73 Å². The van der Waals surface area contributed by atoms with Gasteiger partial charge in [0, 0.05) is 24.2 Å². The first kappa shape index (κ1) is 8.93. The van der Waals surface area contributed by atoms with Gasteiger partial charge in [-0.3, -0.25) is 4.79 Å². The van der Waals surface area contributed by atoms with E-state index in [1.807, 2.05) is 6.92 Å². The highest BCUT2D eigenvalue weighted by atomic mass is 16.1. The Kier molecular flexibility index (Phi) is 2.60. The molecule has 1 unspecified atom stereocenters. The van der Waals surface area contributed by atoms with Crippen molar-refractivity contribution < 1.29 is 0 Å². The van der Waals surface area contributed by atoms with Crippen LogP contribution in [0.1, 0.15) is 24.4 Å². The van der Waals surface area contributed by atoms with Crippen LogP contribution >= 0.6 is 0 Å². The molecule has 0 spiro atoms. The smallest absolute Gasteiger partial charge is 0.251 e. The van der Waals surface area contributed by atoms with Crippen molar-refractivity contribution >= 4 is 0 Å². The molecule has 0 amide bonds. The number of hydrogen-bond donors (Lipinski definition) is 2. The number of H-pyrrole nitrogens is 1. The van der Waals surface area contributed by atoms with Crippen LogP contribution in [0.15, 0.2) is 10.9 Å².